The highest BCUT2D eigenvalue weighted by Gasteiger charge is 2.41. The third-order valence-corrected chi connectivity index (χ3v) is 3.11. The molecule has 1 aliphatic heterocycles. The maximum atomic E-state index is 11.7. The number of esters is 1. The molecule has 0 aromatic carbocycles. The van der Waals surface area contributed by atoms with Crippen molar-refractivity contribution < 1.29 is 24.2 Å². The minimum absolute atomic E-state index is 0.200. The summed E-state index contributed by atoms with van der Waals surface area (Å²) in [6.45, 7) is 3.30. The van der Waals surface area contributed by atoms with Crippen LogP contribution in [0.4, 0.5) is 0 Å². The molecule has 96 valence electrons. The molecule has 2 N–H and O–H groups in total. The van der Waals surface area contributed by atoms with Gasteiger partial charge in [0, 0.05) is 6.42 Å². The molecule has 1 saturated heterocycles. The first-order valence-electron chi connectivity index (χ1n) is 5.70. The third kappa shape index (κ3) is 2.75. The second-order valence-corrected chi connectivity index (χ2v) is 4.09. The molecule has 1 unspecified atom stereocenters. The van der Waals surface area contributed by atoms with Gasteiger partial charge in [0.1, 0.15) is 6.04 Å². The van der Waals surface area contributed by atoms with Gasteiger partial charge in [-0.05, 0) is 19.3 Å². The molecule has 1 rings (SSSR count). The van der Waals surface area contributed by atoms with Crippen LogP contribution in [-0.4, -0.2) is 34.6 Å². The number of rotatable bonds is 5. The van der Waals surface area contributed by atoms with Crippen molar-refractivity contribution in [1.29, 1.82) is 0 Å². The van der Waals surface area contributed by atoms with Crippen LogP contribution in [0.25, 0.3) is 0 Å². The van der Waals surface area contributed by atoms with Crippen molar-refractivity contribution in [3.8, 4) is 0 Å². The van der Waals surface area contributed by atoms with Crippen LogP contribution < -0.4 is 5.32 Å². The van der Waals surface area contributed by atoms with E-state index in [1.54, 1.807) is 13.8 Å². The summed E-state index contributed by atoms with van der Waals surface area (Å²) in [4.78, 5) is 33.8. The predicted octanol–water partition coefficient (Wildman–Crippen LogP) is 0.452. The summed E-state index contributed by atoms with van der Waals surface area (Å²) in [7, 11) is 0. The summed E-state index contributed by atoms with van der Waals surface area (Å²) >= 11 is 0. The van der Waals surface area contributed by atoms with Gasteiger partial charge in [0.05, 0.1) is 0 Å². The number of carboxylic acid groups (broad SMARTS) is 1. The number of aliphatic carboxylic acids is 1. The van der Waals surface area contributed by atoms with Crippen molar-refractivity contribution in [1.82, 2.24) is 5.32 Å². The van der Waals surface area contributed by atoms with Crippen molar-refractivity contribution in [3.63, 3.8) is 0 Å². The molecule has 6 heteroatoms. The Labute approximate surface area is 99.3 Å². The summed E-state index contributed by atoms with van der Waals surface area (Å²) in [5.74, 6) is -2.03. The Bertz CT molecular complexity index is 335. The second-order valence-electron chi connectivity index (χ2n) is 4.09. The first-order chi connectivity index (χ1) is 7.95. The Balaban J connectivity index is 2.71. The first kappa shape index (κ1) is 13.5. The summed E-state index contributed by atoms with van der Waals surface area (Å²) < 4.78 is 5.08. The molecular formula is C11H17NO5. The van der Waals surface area contributed by atoms with E-state index in [-0.39, 0.29) is 25.2 Å². The molecule has 6 nitrogen and oxygen atoms in total. The number of hydrogen-bond acceptors (Lipinski definition) is 4. The van der Waals surface area contributed by atoms with Crippen LogP contribution in [0, 0.1) is 0 Å². The van der Waals surface area contributed by atoms with E-state index in [0.717, 1.165) is 0 Å². The standard InChI is InChI=1S/C11H17NO5/c1-3-11(4-2,10(15)16)17-9(14)7-5-6-8(13)12-7/h7H,3-6H2,1-2H3,(H,12,13)(H,15,16). The number of ether oxygens (including phenoxy) is 1. The van der Waals surface area contributed by atoms with Gasteiger partial charge < -0.3 is 15.2 Å². The van der Waals surface area contributed by atoms with Crippen LogP contribution in [0.3, 0.4) is 0 Å². The van der Waals surface area contributed by atoms with Crippen LogP contribution in [-0.2, 0) is 19.1 Å². The van der Waals surface area contributed by atoms with Gasteiger partial charge in [-0.25, -0.2) is 9.59 Å². The van der Waals surface area contributed by atoms with Gasteiger partial charge in [-0.3, -0.25) is 4.79 Å². The van der Waals surface area contributed by atoms with Gasteiger partial charge in [0.25, 0.3) is 0 Å². The normalized spacial score (nSPS) is 19.9. The number of amides is 1. The van der Waals surface area contributed by atoms with Gasteiger partial charge in [-0.15, -0.1) is 0 Å². The Morgan fingerprint density at radius 3 is 2.41 bits per heavy atom. The maximum absolute atomic E-state index is 11.7. The first-order valence-corrected chi connectivity index (χ1v) is 5.70. The molecule has 1 amide bonds. The smallest absolute Gasteiger partial charge is 0.348 e. The van der Waals surface area contributed by atoms with Gasteiger partial charge >= 0.3 is 11.9 Å². The van der Waals surface area contributed by atoms with E-state index in [9.17, 15) is 14.4 Å². The molecule has 0 spiro atoms. The van der Waals surface area contributed by atoms with Crippen molar-refractivity contribution in [2.24, 2.45) is 0 Å². The lowest BCUT2D eigenvalue weighted by Crippen LogP contribution is -2.46. The molecule has 0 aromatic heterocycles. The molecule has 1 fully saturated rings. The van der Waals surface area contributed by atoms with Crippen molar-refractivity contribution >= 4 is 17.8 Å². The van der Waals surface area contributed by atoms with Crippen LogP contribution in [0.1, 0.15) is 39.5 Å². The Morgan fingerprint density at radius 1 is 1.47 bits per heavy atom. The zero-order chi connectivity index (χ0) is 13.1. The second kappa shape index (κ2) is 5.16. The number of hydrogen-bond donors (Lipinski definition) is 2. The summed E-state index contributed by atoms with van der Waals surface area (Å²) in [5.41, 5.74) is -1.48. The van der Waals surface area contributed by atoms with Gasteiger partial charge in [0.2, 0.25) is 11.5 Å². The van der Waals surface area contributed by atoms with Crippen LogP contribution in [0.15, 0.2) is 0 Å². The lowest BCUT2D eigenvalue weighted by molar-refractivity contribution is -0.181. The molecule has 0 bridgehead atoms. The fourth-order valence-electron chi connectivity index (χ4n) is 1.80. The van der Waals surface area contributed by atoms with Gasteiger partial charge in [0.15, 0.2) is 0 Å². The molecule has 0 saturated carbocycles. The van der Waals surface area contributed by atoms with Crippen LogP contribution >= 0.6 is 0 Å². The third-order valence-electron chi connectivity index (χ3n) is 3.11. The Kier molecular flexibility index (Phi) is 4.09. The van der Waals surface area contributed by atoms with Crippen molar-refractivity contribution in [2.75, 3.05) is 0 Å². The van der Waals surface area contributed by atoms with E-state index < -0.39 is 23.6 Å². The lowest BCUT2D eigenvalue weighted by atomic mass is 9.97. The molecule has 0 aromatic rings. The van der Waals surface area contributed by atoms with Gasteiger partial charge in [-0.2, -0.15) is 0 Å². The highest BCUT2D eigenvalue weighted by atomic mass is 16.6. The zero-order valence-electron chi connectivity index (χ0n) is 9.99. The topological polar surface area (TPSA) is 92.7 Å². The number of carbonyl (C=O) groups is 3. The highest BCUT2D eigenvalue weighted by molar-refractivity contribution is 5.90. The monoisotopic (exact) mass is 243 g/mol. The fourth-order valence-corrected chi connectivity index (χ4v) is 1.80. The van der Waals surface area contributed by atoms with E-state index in [4.69, 9.17) is 9.84 Å². The SMILES string of the molecule is CCC(CC)(OC(=O)C1CCC(=O)N1)C(=O)O. The molecule has 0 radical (unpaired) electrons. The molecule has 1 atom stereocenters. The fraction of sp³-hybridized carbons (Fsp3) is 0.727. The molecule has 17 heavy (non-hydrogen) atoms. The highest BCUT2D eigenvalue weighted by Crippen LogP contribution is 2.23. The largest absolute Gasteiger partial charge is 0.478 e. The minimum Gasteiger partial charge on any atom is -0.478 e. The minimum atomic E-state index is -1.48. The lowest BCUT2D eigenvalue weighted by Gasteiger charge is -2.28. The van der Waals surface area contributed by atoms with Crippen molar-refractivity contribution in [3.05, 3.63) is 0 Å². The van der Waals surface area contributed by atoms with Gasteiger partial charge in [-0.1, -0.05) is 13.8 Å². The zero-order valence-corrected chi connectivity index (χ0v) is 9.99. The Morgan fingerprint density at radius 2 is 2.06 bits per heavy atom. The number of nitrogens with one attached hydrogen (secondary N) is 1. The van der Waals surface area contributed by atoms with Crippen molar-refractivity contribution in [2.45, 2.75) is 51.2 Å². The summed E-state index contributed by atoms with van der Waals surface area (Å²) in [5, 5.41) is 11.6. The van der Waals surface area contributed by atoms with E-state index in [1.807, 2.05) is 0 Å². The van der Waals surface area contributed by atoms with E-state index in [1.165, 1.54) is 0 Å². The molecule has 1 heterocycles. The average Bonchev–Trinajstić information content (AvgIpc) is 2.72. The van der Waals surface area contributed by atoms with Crippen LogP contribution in [0.2, 0.25) is 0 Å². The molecular weight excluding hydrogens is 226 g/mol. The quantitative estimate of drug-likeness (QED) is 0.684. The summed E-state index contributed by atoms with van der Waals surface area (Å²) in [6, 6.07) is -0.709. The summed E-state index contributed by atoms with van der Waals surface area (Å²) in [6.07, 6.45) is 1.04. The van der Waals surface area contributed by atoms with E-state index in [0.29, 0.717) is 6.42 Å². The Hall–Kier alpha value is -1.59. The average molecular weight is 243 g/mol. The number of carboxylic acids is 1. The van der Waals surface area contributed by atoms with E-state index in [2.05, 4.69) is 5.32 Å². The van der Waals surface area contributed by atoms with Crippen LogP contribution in [0.5, 0.6) is 0 Å². The predicted molar refractivity (Wildman–Crippen MR) is 58.2 cm³/mol. The molecule has 1 aliphatic rings. The molecule has 0 aliphatic carbocycles. The maximum Gasteiger partial charge on any atom is 0.348 e. The van der Waals surface area contributed by atoms with E-state index >= 15 is 0 Å². The number of carbonyl (C=O) groups excluding carboxylic acids is 2.